The zero-order chi connectivity index (χ0) is 14.0. The summed E-state index contributed by atoms with van der Waals surface area (Å²) < 4.78 is 7.52. The van der Waals surface area contributed by atoms with Gasteiger partial charge in [0.2, 0.25) is 0 Å². The maximum atomic E-state index is 5.25. The first-order chi connectivity index (χ1) is 8.96. The molecule has 1 aromatic heterocycles. The van der Waals surface area contributed by atoms with Crippen molar-refractivity contribution in [3.8, 4) is 0 Å². The number of aryl methyl sites for hydroxylation is 2. The van der Waals surface area contributed by atoms with Gasteiger partial charge in [-0.05, 0) is 32.4 Å². The van der Waals surface area contributed by atoms with Gasteiger partial charge in [-0.15, -0.1) is 0 Å². The minimum Gasteiger partial charge on any atom is -0.383 e. The fourth-order valence-corrected chi connectivity index (χ4v) is 2.62. The van der Waals surface area contributed by atoms with Crippen molar-refractivity contribution in [1.82, 2.24) is 9.88 Å². The number of nitrogens with one attached hydrogen (secondary N) is 1. The van der Waals surface area contributed by atoms with Gasteiger partial charge in [0.05, 0.1) is 6.61 Å². The Balaban J connectivity index is 2.26. The van der Waals surface area contributed by atoms with Crippen molar-refractivity contribution in [3.63, 3.8) is 0 Å². The molecular weight excluding hydrogens is 236 g/mol. The quantitative estimate of drug-likeness (QED) is 0.894. The number of benzene rings is 1. The molecule has 1 heterocycles. The smallest absolute Gasteiger partial charge is 0.0639 e. The van der Waals surface area contributed by atoms with Crippen LogP contribution in [0.2, 0.25) is 0 Å². The van der Waals surface area contributed by atoms with Gasteiger partial charge < -0.3 is 14.6 Å². The first-order valence-corrected chi connectivity index (χ1v) is 6.73. The van der Waals surface area contributed by atoms with Crippen molar-refractivity contribution in [2.75, 3.05) is 13.7 Å². The molecular formula is C16H24N2O. The minimum atomic E-state index is -0.0162. The molecule has 104 valence electrons. The van der Waals surface area contributed by atoms with Gasteiger partial charge in [-0.3, -0.25) is 0 Å². The predicted molar refractivity (Wildman–Crippen MR) is 80.5 cm³/mol. The van der Waals surface area contributed by atoms with Crippen LogP contribution in [0.4, 0.5) is 0 Å². The maximum Gasteiger partial charge on any atom is 0.0639 e. The Kier molecular flexibility index (Phi) is 3.97. The summed E-state index contributed by atoms with van der Waals surface area (Å²) >= 11 is 0. The molecule has 1 N–H and O–H groups in total. The molecule has 0 aliphatic carbocycles. The molecule has 19 heavy (non-hydrogen) atoms. The van der Waals surface area contributed by atoms with E-state index in [1.54, 1.807) is 7.11 Å². The highest BCUT2D eigenvalue weighted by atomic mass is 16.5. The van der Waals surface area contributed by atoms with Crippen LogP contribution < -0.4 is 5.32 Å². The van der Waals surface area contributed by atoms with Crippen LogP contribution in [0.15, 0.2) is 24.3 Å². The monoisotopic (exact) mass is 260 g/mol. The van der Waals surface area contributed by atoms with Crippen LogP contribution in [0.3, 0.4) is 0 Å². The van der Waals surface area contributed by atoms with Crippen molar-refractivity contribution < 1.29 is 4.74 Å². The van der Waals surface area contributed by atoms with E-state index in [9.17, 15) is 0 Å². The van der Waals surface area contributed by atoms with Crippen LogP contribution in [0, 0.1) is 6.92 Å². The molecule has 0 saturated heterocycles. The summed E-state index contributed by atoms with van der Waals surface area (Å²) in [6.45, 7) is 8.08. The Morgan fingerprint density at radius 1 is 1.26 bits per heavy atom. The van der Waals surface area contributed by atoms with Gasteiger partial charge in [-0.1, -0.05) is 18.2 Å². The molecule has 0 radical (unpaired) electrons. The molecule has 3 nitrogen and oxygen atoms in total. The first-order valence-electron chi connectivity index (χ1n) is 6.73. The van der Waals surface area contributed by atoms with Gasteiger partial charge >= 0.3 is 0 Å². The summed E-state index contributed by atoms with van der Waals surface area (Å²) in [7, 11) is 3.88. The fourth-order valence-electron chi connectivity index (χ4n) is 2.62. The molecule has 0 atom stereocenters. The number of aromatic nitrogens is 1. The Hall–Kier alpha value is -1.32. The van der Waals surface area contributed by atoms with E-state index in [0.29, 0.717) is 6.61 Å². The summed E-state index contributed by atoms with van der Waals surface area (Å²) in [6, 6.07) is 8.55. The summed E-state index contributed by atoms with van der Waals surface area (Å²) in [5.74, 6) is 0. The highest BCUT2D eigenvalue weighted by Gasteiger charge is 2.18. The van der Waals surface area contributed by atoms with Crippen LogP contribution in [-0.4, -0.2) is 23.8 Å². The molecule has 3 heteroatoms. The second-order valence-electron chi connectivity index (χ2n) is 5.82. The molecule has 0 saturated carbocycles. The SMILES string of the molecule is COCC(C)(C)NCc1c(C)c2ccccc2n1C. The zero-order valence-corrected chi connectivity index (χ0v) is 12.6. The predicted octanol–water partition coefficient (Wildman–Crippen LogP) is 3.00. The van der Waals surface area contributed by atoms with Crippen molar-refractivity contribution >= 4 is 10.9 Å². The lowest BCUT2D eigenvalue weighted by molar-refractivity contribution is 0.127. The minimum absolute atomic E-state index is 0.0162. The second-order valence-corrected chi connectivity index (χ2v) is 5.82. The van der Waals surface area contributed by atoms with Crippen molar-refractivity contribution in [3.05, 3.63) is 35.5 Å². The lowest BCUT2D eigenvalue weighted by Gasteiger charge is -2.25. The number of hydrogen-bond donors (Lipinski definition) is 1. The molecule has 0 aliphatic heterocycles. The van der Waals surface area contributed by atoms with E-state index >= 15 is 0 Å². The van der Waals surface area contributed by atoms with E-state index in [4.69, 9.17) is 4.74 Å². The van der Waals surface area contributed by atoms with Gasteiger partial charge in [0.15, 0.2) is 0 Å². The van der Waals surface area contributed by atoms with Crippen LogP contribution in [0.5, 0.6) is 0 Å². The topological polar surface area (TPSA) is 26.2 Å². The first kappa shape index (κ1) is 14.1. The van der Waals surface area contributed by atoms with E-state index in [1.165, 1.54) is 22.2 Å². The van der Waals surface area contributed by atoms with E-state index in [0.717, 1.165) is 6.54 Å². The van der Waals surface area contributed by atoms with Gasteiger partial charge in [-0.2, -0.15) is 0 Å². The fraction of sp³-hybridized carbons (Fsp3) is 0.500. The Morgan fingerprint density at radius 3 is 2.58 bits per heavy atom. The summed E-state index contributed by atoms with van der Waals surface area (Å²) in [5, 5.41) is 4.91. The van der Waals surface area contributed by atoms with Crippen molar-refractivity contribution in [2.45, 2.75) is 32.9 Å². The molecule has 2 rings (SSSR count). The Labute approximate surface area is 115 Å². The van der Waals surface area contributed by atoms with Gasteiger partial charge in [-0.25, -0.2) is 0 Å². The summed E-state index contributed by atoms with van der Waals surface area (Å²) in [6.07, 6.45) is 0. The van der Waals surface area contributed by atoms with E-state index in [2.05, 4.69) is 62.0 Å². The van der Waals surface area contributed by atoms with Crippen LogP contribution in [0.25, 0.3) is 10.9 Å². The van der Waals surface area contributed by atoms with Crippen LogP contribution >= 0.6 is 0 Å². The lowest BCUT2D eigenvalue weighted by Crippen LogP contribution is -2.43. The zero-order valence-electron chi connectivity index (χ0n) is 12.6. The van der Waals surface area contributed by atoms with Gasteiger partial charge in [0.1, 0.15) is 0 Å². The van der Waals surface area contributed by atoms with Gasteiger partial charge in [0.25, 0.3) is 0 Å². The lowest BCUT2D eigenvalue weighted by atomic mass is 10.1. The Bertz CT molecular complexity index is 530. The maximum absolute atomic E-state index is 5.25. The van der Waals surface area contributed by atoms with Crippen molar-refractivity contribution in [1.29, 1.82) is 0 Å². The molecule has 0 spiro atoms. The summed E-state index contributed by atoms with van der Waals surface area (Å²) in [5.41, 5.74) is 3.98. The molecule has 0 bridgehead atoms. The molecule has 0 fully saturated rings. The number of hydrogen-bond acceptors (Lipinski definition) is 2. The van der Waals surface area contributed by atoms with E-state index in [-0.39, 0.29) is 5.54 Å². The van der Waals surface area contributed by atoms with E-state index in [1.807, 2.05) is 0 Å². The third-order valence-electron chi connectivity index (χ3n) is 3.75. The molecule has 0 aliphatic rings. The Morgan fingerprint density at radius 2 is 1.95 bits per heavy atom. The average Bonchev–Trinajstić information content (AvgIpc) is 2.61. The van der Waals surface area contributed by atoms with Crippen LogP contribution in [0.1, 0.15) is 25.1 Å². The third kappa shape index (κ3) is 2.82. The highest BCUT2D eigenvalue weighted by molar-refractivity contribution is 5.85. The number of rotatable bonds is 5. The molecule has 0 amide bonds. The van der Waals surface area contributed by atoms with Crippen molar-refractivity contribution in [2.24, 2.45) is 7.05 Å². The second kappa shape index (κ2) is 5.35. The standard InChI is InChI=1S/C16H24N2O/c1-12-13-8-6-7-9-14(13)18(4)15(12)10-17-16(2,3)11-19-5/h6-9,17H,10-11H2,1-5H3. The average molecular weight is 260 g/mol. The molecule has 2 aromatic rings. The largest absolute Gasteiger partial charge is 0.383 e. The van der Waals surface area contributed by atoms with Crippen LogP contribution in [-0.2, 0) is 18.3 Å². The normalized spacial score (nSPS) is 12.3. The number of nitrogens with zero attached hydrogens (tertiary/aromatic N) is 1. The highest BCUT2D eigenvalue weighted by Crippen LogP contribution is 2.24. The third-order valence-corrected chi connectivity index (χ3v) is 3.75. The van der Waals surface area contributed by atoms with E-state index < -0.39 is 0 Å². The summed E-state index contributed by atoms with van der Waals surface area (Å²) in [4.78, 5) is 0. The molecule has 1 aromatic carbocycles. The number of methoxy groups -OCH3 is 1. The van der Waals surface area contributed by atoms with Gasteiger partial charge in [0, 0.05) is 42.8 Å². The number of ether oxygens (including phenoxy) is 1. The number of fused-ring (bicyclic) bond motifs is 1. The number of para-hydroxylation sites is 1. The molecule has 0 unspecified atom stereocenters.